The van der Waals surface area contributed by atoms with Gasteiger partial charge in [0.05, 0.1) is 0 Å². The van der Waals surface area contributed by atoms with Gasteiger partial charge in [-0.3, -0.25) is 4.79 Å². The van der Waals surface area contributed by atoms with E-state index in [2.05, 4.69) is 11.2 Å². The summed E-state index contributed by atoms with van der Waals surface area (Å²) in [4.78, 5) is 22.4. The maximum Gasteiger partial charge on any atom is 0.326 e. The van der Waals surface area contributed by atoms with Crippen molar-refractivity contribution in [2.75, 3.05) is 0 Å². The highest BCUT2D eigenvalue weighted by molar-refractivity contribution is 5.83. The van der Waals surface area contributed by atoms with Gasteiger partial charge in [-0.25, -0.2) is 4.79 Å². The molecule has 0 saturated carbocycles. The molecule has 0 aromatic carbocycles. The van der Waals surface area contributed by atoms with Gasteiger partial charge >= 0.3 is 5.97 Å². The molecule has 0 spiro atoms. The minimum Gasteiger partial charge on any atom is -0.480 e. The molecule has 96 valence electrons. The summed E-state index contributed by atoms with van der Waals surface area (Å²) in [5.74, 6) is 1.55. The molecule has 0 aliphatic carbocycles. The maximum atomic E-state index is 11.5. The second-order valence-electron chi connectivity index (χ2n) is 4.50. The normalized spacial score (nSPS) is 11.9. The van der Waals surface area contributed by atoms with Crippen molar-refractivity contribution >= 4 is 11.9 Å². The average Bonchev–Trinajstić information content (AvgIpc) is 2.22. The van der Waals surface area contributed by atoms with Gasteiger partial charge in [-0.1, -0.05) is 13.8 Å². The van der Waals surface area contributed by atoms with Crippen LogP contribution in [0.1, 0.15) is 46.0 Å². The molecule has 0 radical (unpaired) electrons. The molecule has 1 unspecified atom stereocenters. The largest absolute Gasteiger partial charge is 0.480 e. The number of carbonyl (C=O) groups is 2. The molecular weight excluding hydrogens is 218 g/mol. The van der Waals surface area contributed by atoms with E-state index in [-0.39, 0.29) is 11.8 Å². The number of carboxylic acid groups (broad SMARTS) is 1. The van der Waals surface area contributed by atoms with Gasteiger partial charge in [-0.05, 0) is 25.2 Å². The fourth-order valence-electron chi connectivity index (χ4n) is 1.47. The molecular formula is C13H21NO3. The van der Waals surface area contributed by atoms with Crippen molar-refractivity contribution in [2.45, 2.75) is 52.0 Å². The van der Waals surface area contributed by atoms with Crippen molar-refractivity contribution in [3.05, 3.63) is 0 Å². The molecule has 4 heteroatoms. The Balaban J connectivity index is 3.96. The highest BCUT2D eigenvalue weighted by Gasteiger charge is 2.20. The van der Waals surface area contributed by atoms with Crippen LogP contribution >= 0.6 is 0 Å². The van der Waals surface area contributed by atoms with E-state index >= 15 is 0 Å². The molecule has 0 aromatic heterocycles. The van der Waals surface area contributed by atoms with Crippen LogP contribution in [-0.2, 0) is 9.59 Å². The molecule has 2 N–H and O–H groups in total. The highest BCUT2D eigenvalue weighted by atomic mass is 16.4. The lowest BCUT2D eigenvalue weighted by Crippen LogP contribution is -2.41. The zero-order valence-corrected chi connectivity index (χ0v) is 10.5. The van der Waals surface area contributed by atoms with E-state index in [1.807, 2.05) is 13.8 Å². The van der Waals surface area contributed by atoms with E-state index in [0.29, 0.717) is 25.7 Å². The number of terminal acetylenes is 1. The summed E-state index contributed by atoms with van der Waals surface area (Å²) in [7, 11) is 0. The molecule has 0 heterocycles. The zero-order chi connectivity index (χ0) is 13.3. The average molecular weight is 239 g/mol. The van der Waals surface area contributed by atoms with Crippen LogP contribution < -0.4 is 5.32 Å². The Kier molecular flexibility index (Phi) is 7.87. The van der Waals surface area contributed by atoms with Crippen LogP contribution in [0.4, 0.5) is 0 Å². The van der Waals surface area contributed by atoms with Gasteiger partial charge in [0, 0.05) is 12.8 Å². The van der Waals surface area contributed by atoms with Gasteiger partial charge in [0.1, 0.15) is 6.04 Å². The summed E-state index contributed by atoms with van der Waals surface area (Å²) in [6.07, 6.45) is 8.03. The number of hydrogen-bond donors (Lipinski definition) is 2. The number of rotatable bonds is 8. The number of amides is 1. The first-order chi connectivity index (χ1) is 7.97. The number of unbranched alkanes of at least 4 members (excludes halogenated alkanes) is 2. The quantitative estimate of drug-likeness (QED) is 0.501. The second kappa shape index (κ2) is 8.63. The summed E-state index contributed by atoms with van der Waals surface area (Å²) in [6, 6.07) is -0.782. The Morgan fingerprint density at radius 3 is 2.47 bits per heavy atom. The minimum absolute atomic E-state index is 0.213. The smallest absolute Gasteiger partial charge is 0.326 e. The molecule has 1 amide bonds. The first-order valence-electron chi connectivity index (χ1n) is 5.93. The highest BCUT2D eigenvalue weighted by Crippen LogP contribution is 2.06. The van der Waals surface area contributed by atoms with E-state index in [1.165, 1.54) is 0 Å². The van der Waals surface area contributed by atoms with Crippen LogP contribution in [0.3, 0.4) is 0 Å². The van der Waals surface area contributed by atoms with E-state index in [4.69, 9.17) is 11.5 Å². The number of carbonyl (C=O) groups excluding carboxylic acids is 1. The lowest BCUT2D eigenvalue weighted by molar-refractivity contribution is -0.142. The maximum absolute atomic E-state index is 11.5. The van der Waals surface area contributed by atoms with Crippen LogP contribution in [0.2, 0.25) is 0 Å². The Morgan fingerprint density at radius 2 is 2.00 bits per heavy atom. The van der Waals surface area contributed by atoms with E-state index in [1.54, 1.807) is 0 Å². The number of aliphatic carboxylic acids is 1. The van der Waals surface area contributed by atoms with Crippen molar-refractivity contribution in [3.63, 3.8) is 0 Å². The Labute approximate surface area is 103 Å². The molecule has 0 aromatic rings. The van der Waals surface area contributed by atoms with Gasteiger partial charge in [0.25, 0.3) is 0 Å². The molecule has 17 heavy (non-hydrogen) atoms. The Morgan fingerprint density at radius 1 is 1.35 bits per heavy atom. The monoisotopic (exact) mass is 239 g/mol. The van der Waals surface area contributed by atoms with Crippen LogP contribution in [0.25, 0.3) is 0 Å². The molecule has 0 fully saturated rings. The van der Waals surface area contributed by atoms with Gasteiger partial charge in [0.15, 0.2) is 0 Å². The number of hydrogen-bond acceptors (Lipinski definition) is 2. The molecule has 1 atom stereocenters. The third kappa shape index (κ3) is 8.32. The van der Waals surface area contributed by atoms with Crippen molar-refractivity contribution in [1.29, 1.82) is 0 Å². The standard InChI is InChI=1S/C13H21NO3/c1-4-5-6-7-8-12(15)14-11(13(16)17)9-10(2)3/h1,10-11H,5-9H2,2-3H3,(H,14,15)(H,16,17). The molecule has 4 nitrogen and oxygen atoms in total. The van der Waals surface area contributed by atoms with Gasteiger partial charge in [-0.15, -0.1) is 12.3 Å². The lowest BCUT2D eigenvalue weighted by Gasteiger charge is -2.16. The van der Waals surface area contributed by atoms with Crippen LogP contribution in [0.15, 0.2) is 0 Å². The predicted molar refractivity (Wildman–Crippen MR) is 66.3 cm³/mol. The summed E-state index contributed by atoms with van der Waals surface area (Å²) >= 11 is 0. The molecule has 0 rings (SSSR count). The van der Waals surface area contributed by atoms with Crippen molar-refractivity contribution < 1.29 is 14.7 Å². The van der Waals surface area contributed by atoms with Crippen LogP contribution in [-0.4, -0.2) is 23.0 Å². The number of nitrogens with one attached hydrogen (secondary N) is 1. The fraction of sp³-hybridized carbons (Fsp3) is 0.692. The molecule has 0 aliphatic rings. The Hall–Kier alpha value is -1.50. The van der Waals surface area contributed by atoms with Gasteiger partial charge < -0.3 is 10.4 Å². The predicted octanol–water partition coefficient (Wildman–Crippen LogP) is 1.80. The Bertz CT molecular complexity index is 292. The summed E-state index contributed by atoms with van der Waals surface area (Å²) in [5.41, 5.74) is 0. The first-order valence-corrected chi connectivity index (χ1v) is 5.93. The summed E-state index contributed by atoms with van der Waals surface area (Å²) in [5, 5.41) is 11.5. The third-order valence-corrected chi connectivity index (χ3v) is 2.32. The van der Waals surface area contributed by atoms with E-state index in [9.17, 15) is 9.59 Å². The minimum atomic E-state index is -0.976. The van der Waals surface area contributed by atoms with E-state index in [0.717, 1.165) is 6.42 Å². The molecule has 0 bridgehead atoms. The fourth-order valence-corrected chi connectivity index (χ4v) is 1.47. The number of carboxylic acids is 1. The van der Waals surface area contributed by atoms with Gasteiger partial charge in [0.2, 0.25) is 5.91 Å². The summed E-state index contributed by atoms with van der Waals surface area (Å²) in [6.45, 7) is 3.85. The first kappa shape index (κ1) is 15.5. The van der Waals surface area contributed by atoms with Crippen molar-refractivity contribution in [1.82, 2.24) is 5.32 Å². The topological polar surface area (TPSA) is 66.4 Å². The van der Waals surface area contributed by atoms with Crippen LogP contribution in [0.5, 0.6) is 0 Å². The molecule has 0 saturated heterocycles. The van der Waals surface area contributed by atoms with Crippen LogP contribution in [0, 0.1) is 18.3 Å². The SMILES string of the molecule is C#CCCCCC(=O)NC(CC(C)C)C(=O)O. The molecule has 0 aliphatic heterocycles. The second-order valence-corrected chi connectivity index (χ2v) is 4.50. The van der Waals surface area contributed by atoms with E-state index < -0.39 is 12.0 Å². The summed E-state index contributed by atoms with van der Waals surface area (Å²) < 4.78 is 0. The van der Waals surface area contributed by atoms with Gasteiger partial charge in [-0.2, -0.15) is 0 Å². The zero-order valence-electron chi connectivity index (χ0n) is 10.5. The third-order valence-electron chi connectivity index (χ3n) is 2.32. The lowest BCUT2D eigenvalue weighted by atomic mass is 10.0. The van der Waals surface area contributed by atoms with Crippen molar-refractivity contribution in [3.8, 4) is 12.3 Å². The van der Waals surface area contributed by atoms with Crippen molar-refractivity contribution in [2.24, 2.45) is 5.92 Å².